The quantitative estimate of drug-likeness (QED) is 0.620. The summed E-state index contributed by atoms with van der Waals surface area (Å²) < 4.78 is 33.3. The fraction of sp³-hybridized carbons (Fsp3) is 0.682. The number of nitrogens with one attached hydrogen (secondary N) is 2. The molecular weight excluding hydrogens is 402 g/mol. The maximum atomic E-state index is 12.8. The molecule has 1 saturated carbocycles. The fourth-order valence-electron chi connectivity index (χ4n) is 3.96. The second-order valence-electron chi connectivity index (χ2n) is 9.00. The average molecular weight is 438 g/mol. The van der Waals surface area contributed by atoms with Gasteiger partial charge in [0.05, 0.1) is 7.11 Å². The first-order chi connectivity index (χ1) is 14.2. The Morgan fingerprint density at radius 2 is 1.87 bits per heavy atom. The normalized spacial score (nSPS) is 19.6. The van der Waals surface area contributed by atoms with Gasteiger partial charge < -0.3 is 10.1 Å². The molecule has 1 aliphatic carbocycles. The van der Waals surface area contributed by atoms with Crippen LogP contribution in [0.25, 0.3) is 0 Å². The Labute approximate surface area is 180 Å². The van der Waals surface area contributed by atoms with Crippen LogP contribution in [0, 0.1) is 11.8 Å². The van der Waals surface area contributed by atoms with Crippen LogP contribution in [0.2, 0.25) is 0 Å². The van der Waals surface area contributed by atoms with Gasteiger partial charge in [0.1, 0.15) is 10.6 Å². The number of methoxy groups -OCH3 is 1. The van der Waals surface area contributed by atoms with E-state index in [-0.39, 0.29) is 28.6 Å². The highest BCUT2D eigenvalue weighted by Gasteiger charge is 2.31. The number of hydrogen-bond donors (Lipinski definition) is 2. The van der Waals surface area contributed by atoms with Gasteiger partial charge in [0.25, 0.3) is 5.91 Å². The van der Waals surface area contributed by atoms with Crippen LogP contribution in [0.3, 0.4) is 0 Å². The number of carbonyl (C=O) groups is 1. The standard InChI is InChI=1S/C22H35N3O4S/c1-15(2)19(25-11-9-16(3)10-12-25)14-23-22(26)17-5-8-20(29-4)21(13-17)30(27,28)24-18-6-7-18/h5,8,13,15-16,18-19,24H,6-7,9-12,14H2,1-4H3,(H,23,26). The first kappa shape index (κ1) is 23.0. The summed E-state index contributed by atoms with van der Waals surface area (Å²) in [6.07, 6.45) is 4.05. The fourth-order valence-corrected chi connectivity index (χ4v) is 5.46. The van der Waals surface area contributed by atoms with E-state index >= 15 is 0 Å². The summed E-state index contributed by atoms with van der Waals surface area (Å²) in [5.74, 6) is 1.14. The number of piperidine rings is 1. The molecule has 1 aromatic carbocycles. The van der Waals surface area contributed by atoms with Gasteiger partial charge in [-0.25, -0.2) is 13.1 Å². The minimum atomic E-state index is -3.73. The van der Waals surface area contributed by atoms with E-state index < -0.39 is 10.0 Å². The van der Waals surface area contributed by atoms with Crippen LogP contribution < -0.4 is 14.8 Å². The summed E-state index contributed by atoms with van der Waals surface area (Å²) in [5.41, 5.74) is 0.321. The summed E-state index contributed by atoms with van der Waals surface area (Å²) in [7, 11) is -2.30. The van der Waals surface area contributed by atoms with Crippen LogP contribution in [0.4, 0.5) is 0 Å². The van der Waals surface area contributed by atoms with Crippen LogP contribution in [0.1, 0.15) is 56.8 Å². The minimum Gasteiger partial charge on any atom is -0.495 e. The lowest BCUT2D eigenvalue weighted by molar-refractivity contribution is 0.0863. The molecule has 7 nitrogen and oxygen atoms in total. The van der Waals surface area contributed by atoms with Crippen molar-refractivity contribution in [1.29, 1.82) is 0 Å². The van der Waals surface area contributed by atoms with Crippen LogP contribution in [-0.4, -0.2) is 58.1 Å². The van der Waals surface area contributed by atoms with E-state index in [1.54, 1.807) is 12.1 Å². The van der Waals surface area contributed by atoms with Crippen molar-refractivity contribution in [2.45, 2.75) is 63.4 Å². The molecule has 2 N–H and O–H groups in total. The lowest BCUT2D eigenvalue weighted by atomic mass is 9.94. The molecule has 0 aromatic heterocycles. The van der Waals surface area contributed by atoms with E-state index in [1.165, 1.54) is 26.0 Å². The number of likely N-dealkylation sites (tertiary alicyclic amines) is 1. The molecule has 0 radical (unpaired) electrons. The Kier molecular flexibility index (Phi) is 7.42. The number of benzene rings is 1. The third kappa shape index (κ3) is 5.74. The molecule has 0 spiro atoms. The average Bonchev–Trinajstić information content (AvgIpc) is 3.51. The van der Waals surface area contributed by atoms with Crippen molar-refractivity contribution >= 4 is 15.9 Å². The maximum absolute atomic E-state index is 12.8. The summed E-state index contributed by atoms with van der Waals surface area (Å²) in [4.78, 5) is 15.3. The van der Waals surface area contributed by atoms with Crippen molar-refractivity contribution in [3.8, 4) is 5.75 Å². The SMILES string of the molecule is COc1ccc(C(=O)NCC(C(C)C)N2CCC(C)CC2)cc1S(=O)(=O)NC1CC1. The summed E-state index contributed by atoms with van der Waals surface area (Å²) in [6.45, 7) is 9.29. The van der Waals surface area contributed by atoms with Crippen molar-refractivity contribution in [3.63, 3.8) is 0 Å². The first-order valence-corrected chi connectivity index (χ1v) is 12.4. The molecule has 0 bridgehead atoms. The molecule has 2 aliphatic rings. The van der Waals surface area contributed by atoms with Gasteiger partial charge >= 0.3 is 0 Å². The molecule has 8 heteroatoms. The van der Waals surface area contributed by atoms with E-state index in [2.05, 4.69) is 35.7 Å². The van der Waals surface area contributed by atoms with Gasteiger partial charge in [-0.15, -0.1) is 0 Å². The van der Waals surface area contributed by atoms with Crippen molar-refractivity contribution in [1.82, 2.24) is 14.9 Å². The number of hydrogen-bond acceptors (Lipinski definition) is 5. The van der Waals surface area contributed by atoms with Crippen molar-refractivity contribution < 1.29 is 17.9 Å². The molecule has 1 heterocycles. The third-order valence-corrected chi connectivity index (χ3v) is 7.68. The molecule has 1 aliphatic heterocycles. The Morgan fingerprint density at radius 3 is 2.43 bits per heavy atom. The van der Waals surface area contributed by atoms with E-state index in [0.717, 1.165) is 31.8 Å². The van der Waals surface area contributed by atoms with Crippen molar-refractivity contribution in [2.75, 3.05) is 26.7 Å². The number of ether oxygens (including phenoxy) is 1. The first-order valence-electron chi connectivity index (χ1n) is 10.9. The van der Waals surface area contributed by atoms with Crippen molar-refractivity contribution in [3.05, 3.63) is 23.8 Å². The summed E-state index contributed by atoms with van der Waals surface area (Å²) >= 11 is 0. The summed E-state index contributed by atoms with van der Waals surface area (Å²) in [5, 5.41) is 3.02. The van der Waals surface area contributed by atoms with E-state index in [4.69, 9.17) is 4.74 Å². The number of rotatable bonds is 9. The van der Waals surface area contributed by atoms with Crippen LogP contribution in [0.15, 0.2) is 23.1 Å². The van der Waals surface area contributed by atoms with Gasteiger partial charge in [-0.05, 0) is 68.8 Å². The smallest absolute Gasteiger partial charge is 0.251 e. The number of nitrogens with zero attached hydrogens (tertiary/aromatic N) is 1. The van der Waals surface area contributed by atoms with Crippen LogP contribution >= 0.6 is 0 Å². The molecule has 1 atom stereocenters. The minimum absolute atomic E-state index is 0.00924. The molecule has 1 saturated heterocycles. The van der Waals surface area contributed by atoms with Crippen molar-refractivity contribution in [2.24, 2.45) is 11.8 Å². The largest absolute Gasteiger partial charge is 0.495 e. The van der Waals surface area contributed by atoms with Gasteiger partial charge in [-0.3, -0.25) is 9.69 Å². The molecule has 3 rings (SSSR count). The predicted octanol–water partition coefficient (Wildman–Crippen LogP) is 2.62. The zero-order valence-corrected chi connectivity index (χ0v) is 19.3. The second kappa shape index (κ2) is 9.66. The molecule has 1 unspecified atom stereocenters. The van der Waals surface area contributed by atoms with Gasteiger partial charge in [0.2, 0.25) is 10.0 Å². The van der Waals surface area contributed by atoms with E-state index in [0.29, 0.717) is 18.0 Å². The van der Waals surface area contributed by atoms with Gasteiger partial charge in [0, 0.05) is 24.2 Å². The Morgan fingerprint density at radius 1 is 1.20 bits per heavy atom. The zero-order chi connectivity index (χ0) is 21.9. The molecular formula is C22H35N3O4S. The van der Waals surface area contributed by atoms with Gasteiger partial charge in [-0.2, -0.15) is 0 Å². The van der Waals surface area contributed by atoms with Gasteiger partial charge in [0.15, 0.2) is 0 Å². The van der Waals surface area contributed by atoms with Gasteiger partial charge in [-0.1, -0.05) is 20.8 Å². The summed E-state index contributed by atoms with van der Waals surface area (Å²) in [6, 6.07) is 4.81. The molecule has 1 amide bonds. The Balaban J connectivity index is 1.70. The topological polar surface area (TPSA) is 87.7 Å². The van der Waals surface area contributed by atoms with Crippen LogP contribution in [0.5, 0.6) is 5.75 Å². The molecule has 2 fully saturated rings. The van der Waals surface area contributed by atoms with Crippen LogP contribution in [-0.2, 0) is 10.0 Å². The monoisotopic (exact) mass is 437 g/mol. The highest BCUT2D eigenvalue weighted by atomic mass is 32.2. The lowest BCUT2D eigenvalue weighted by Gasteiger charge is -2.38. The predicted molar refractivity (Wildman–Crippen MR) is 117 cm³/mol. The highest BCUT2D eigenvalue weighted by Crippen LogP contribution is 2.28. The number of carbonyl (C=O) groups excluding carboxylic acids is 1. The van der Waals surface area contributed by atoms with E-state index in [1.807, 2.05) is 0 Å². The zero-order valence-electron chi connectivity index (χ0n) is 18.5. The lowest BCUT2D eigenvalue weighted by Crippen LogP contribution is -2.49. The highest BCUT2D eigenvalue weighted by molar-refractivity contribution is 7.89. The molecule has 30 heavy (non-hydrogen) atoms. The number of amides is 1. The molecule has 168 valence electrons. The Bertz CT molecular complexity index is 844. The van der Waals surface area contributed by atoms with E-state index in [9.17, 15) is 13.2 Å². The second-order valence-corrected chi connectivity index (χ2v) is 10.7. The third-order valence-electron chi connectivity index (χ3n) is 6.14. The Hall–Kier alpha value is -1.64. The molecule has 1 aromatic rings. The maximum Gasteiger partial charge on any atom is 0.251 e. The number of sulfonamides is 1.